The number of benzene rings is 1. The number of hydrogen-bond acceptors (Lipinski definition) is 6. The summed E-state index contributed by atoms with van der Waals surface area (Å²) in [5.41, 5.74) is 1.95. The molecule has 2 aliphatic rings. The molecule has 1 amide bonds. The van der Waals surface area contributed by atoms with E-state index < -0.39 is 12.0 Å². The molecule has 1 saturated heterocycles. The van der Waals surface area contributed by atoms with Gasteiger partial charge in [-0.15, -0.1) is 11.8 Å². The lowest BCUT2D eigenvalue weighted by Gasteiger charge is -2.38. The molecule has 0 N–H and O–H groups in total. The first-order valence-electron chi connectivity index (χ1n) is 8.12. The van der Waals surface area contributed by atoms with Gasteiger partial charge in [-0.2, -0.15) is 0 Å². The summed E-state index contributed by atoms with van der Waals surface area (Å²) in [6, 6.07) is 7.47. The molecule has 25 heavy (non-hydrogen) atoms. The summed E-state index contributed by atoms with van der Waals surface area (Å²) in [5, 5.41) is 0.667. The van der Waals surface area contributed by atoms with Gasteiger partial charge in [-0.05, 0) is 37.8 Å². The SMILES string of the molecule is CCOC(=O)C1=C(C)N=C2SCCC(=O)N2[C@@H]1c1ccc(SC)cc1. The summed E-state index contributed by atoms with van der Waals surface area (Å²) in [4.78, 5) is 32.5. The normalized spacial score (nSPS) is 20.3. The molecule has 7 heteroatoms. The second kappa shape index (κ2) is 7.66. The van der Waals surface area contributed by atoms with Gasteiger partial charge in [0, 0.05) is 17.1 Å². The lowest BCUT2D eigenvalue weighted by molar-refractivity contribution is -0.139. The largest absolute Gasteiger partial charge is 0.463 e. The predicted octanol–water partition coefficient (Wildman–Crippen LogP) is 3.62. The minimum atomic E-state index is -0.484. The minimum absolute atomic E-state index is 0.00857. The monoisotopic (exact) mass is 376 g/mol. The molecule has 0 radical (unpaired) electrons. The lowest BCUT2D eigenvalue weighted by atomic mass is 9.94. The highest BCUT2D eigenvalue weighted by molar-refractivity contribution is 8.14. The summed E-state index contributed by atoms with van der Waals surface area (Å²) in [5.74, 6) is 0.296. The zero-order chi connectivity index (χ0) is 18.0. The van der Waals surface area contributed by atoms with Gasteiger partial charge in [0.15, 0.2) is 5.17 Å². The van der Waals surface area contributed by atoms with Crippen LogP contribution in [0.2, 0.25) is 0 Å². The van der Waals surface area contributed by atoms with Crippen molar-refractivity contribution in [3.8, 4) is 0 Å². The van der Waals surface area contributed by atoms with E-state index in [9.17, 15) is 9.59 Å². The van der Waals surface area contributed by atoms with Gasteiger partial charge in [-0.25, -0.2) is 9.79 Å². The molecule has 0 saturated carbocycles. The highest BCUT2D eigenvalue weighted by Crippen LogP contribution is 2.40. The van der Waals surface area contributed by atoms with Crippen molar-refractivity contribution in [2.75, 3.05) is 18.6 Å². The van der Waals surface area contributed by atoms with Gasteiger partial charge >= 0.3 is 5.97 Å². The number of rotatable bonds is 4. The smallest absolute Gasteiger partial charge is 0.338 e. The maximum absolute atomic E-state index is 12.6. The van der Waals surface area contributed by atoms with E-state index in [4.69, 9.17) is 4.74 Å². The zero-order valence-corrected chi connectivity index (χ0v) is 16.1. The fourth-order valence-corrected chi connectivity index (χ4v) is 4.38. The number of ether oxygens (including phenoxy) is 1. The predicted molar refractivity (Wildman–Crippen MR) is 102 cm³/mol. The number of aliphatic imine (C=N–C) groups is 1. The van der Waals surface area contributed by atoms with E-state index in [1.165, 1.54) is 0 Å². The molecule has 0 spiro atoms. The topological polar surface area (TPSA) is 59.0 Å². The van der Waals surface area contributed by atoms with Crippen molar-refractivity contribution in [3.63, 3.8) is 0 Å². The molecule has 0 bridgehead atoms. The van der Waals surface area contributed by atoms with Crippen molar-refractivity contribution < 1.29 is 14.3 Å². The third kappa shape index (κ3) is 3.48. The van der Waals surface area contributed by atoms with Crippen molar-refractivity contribution in [1.29, 1.82) is 0 Å². The summed E-state index contributed by atoms with van der Waals surface area (Å²) >= 11 is 3.20. The van der Waals surface area contributed by atoms with Crippen molar-refractivity contribution in [3.05, 3.63) is 41.1 Å². The fourth-order valence-electron chi connectivity index (χ4n) is 2.97. The maximum atomic E-state index is 12.6. The Bertz CT molecular complexity index is 756. The number of fused-ring (bicyclic) bond motifs is 1. The Morgan fingerprint density at radius 2 is 2.12 bits per heavy atom. The molecule has 1 atom stereocenters. The minimum Gasteiger partial charge on any atom is -0.463 e. The van der Waals surface area contributed by atoms with Gasteiger partial charge in [0.2, 0.25) is 5.91 Å². The molecule has 132 valence electrons. The average molecular weight is 377 g/mol. The first kappa shape index (κ1) is 18.1. The van der Waals surface area contributed by atoms with E-state index in [0.29, 0.717) is 28.6 Å². The number of esters is 1. The number of allylic oxidation sites excluding steroid dienone is 1. The van der Waals surface area contributed by atoms with Crippen LogP contribution in [0.25, 0.3) is 0 Å². The van der Waals surface area contributed by atoms with Crippen molar-refractivity contribution in [1.82, 2.24) is 4.90 Å². The van der Waals surface area contributed by atoms with Crippen molar-refractivity contribution in [2.45, 2.75) is 31.2 Å². The standard InChI is InChI=1S/C18H20N2O3S2/c1-4-23-17(22)15-11(2)19-18-20(14(21)9-10-25-18)16(15)12-5-7-13(24-3)8-6-12/h5-8,16H,4,9-10H2,1-3H3/t16-/m1/s1. The molecule has 0 unspecified atom stereocenters. The number of nitrogens with zero attached hydrogens (tertiary/aromatic N) is 2. The Morgan fingerprint density at radius 3 is 2.76 bits per heavy atom. The van der Waals surface area contributed by atoms with Crippen LogP contribution in [0.3, 0.4) is 0 Å². The van der Waals surface area contributed by atoms with Crippen LogP contribution in [-0.2, 0) is 14.3 Å². The number of amides is 1. The average Bonchev–Trinajstić information content (AvgIpc) is 2.61. The van der Waals surface area contributed by atoms with E-state index in [0.717, 1.165) is 10.5 Å². The maximum Gasteiger partial charge on any atom is 0.338 e. The number of hydrogen-bond donors (Lipinski definition) is 0. The molecular formula is C18H20N2O3S2. The second-order valence-corrected chi connectivity index (χ2v) is 7.59. The van der Waals surface area contributed by atoms with Gasteiger partial charge < -0.3 is 4.74 Å². The Balaban J connectivity index is 2.11. The molecule has 0 aliphatic carbocycles. The van der Waals surface area contributed by atoms with Crippen LogP contribution >= 0.6 is 23.5 Å². The summed E-state index contributed by atoms with van der Waals surface area (Å²) in [6.07, 6.45) is 2.46. The first-order valence-corrected chi connectivity index (χ1v) is 10.3. The second-order valence-electron chi connectivity index (χ2n) is 5.65. The van der Waals surface area contributed by atoms with Crippen LogP contribution in [0.15, 0.2) is 45.4 Å². The zero-order valence-electron chi connectivity index (χ0n) is 14.4. The number of amidine groups is 1. The molecule has 2 aliphatic heterocycles. The van der Waals surface area contributed by atoms with Crippen LogP contribution in [-0.4, -0.2) is 40.6 Å². The Labute approximate surface area is 155 Å². The third-order valence-corrected chi connectivity index (χ3v) is 5.83. The van der Waals surface area contributed by atoms with E-state index in [2.05, 4.69) is 4.99 Å². The number of carbonyl (C=O) groups is 2. The van der Waals surface area contributed by atoms with Crippen LogP contribution in [0.4, 0.5) is 0 Å². The van der Waals surface area contributed by atoms with Gasteiger partial charge in [0.1, 0.15) is 0 Å². The Morgan fingerprint density at radius 1 is 1.40 bits per heavy atom. The number of carbonyl (C=O) groups excluding carboxylic acids is 2. The van der Waals surface area contributed by atoms with Crippen LogP contribution in [0, 0.1) is 0 Å². The van der Waals surface area contributed by atoms with E-state index in [-0.39, 0.29) is 12.5 Å². The Hall–Kier alpha value is -1.73. The molecule has 1 aromatic rings. The molecular weight excluding hydrogens is 356 g/mol. The third-order valence-electron chi connectivity index (χ3n) is 4.13. The molecule has 3 rings (SSSR count). The quantitative estimate of drug-likeness (QED) is 0.593. The molecule has 2 heterocycles. The molecule has 1 aromatic carbocycles. The summed E-state index contributed by atoms with van der Waals surface area (Å²) in [7, 11) is 0. The van der Waals surface area contributed by atoms with Gasteiger partial charge in [0.25, 0.3) is 0 Å². The number of thioether (sulfide) groups is 2. The first-order chi connectivity index (χ1) is 12.1. The molecule has 5 nitrogen and oxygen atoms in total. The summed E-state index contributed by atoms with van der Waals surface area (Å²) in [6.45, 7) is 3.86. The molecule has 1 fully saturated rings. The highest BCUT2D eigenvalue weighted by atomic mass is 32.2. The van der Waals surface area contributed by atoms with Gasteiger partial charge in [0.05, 0.1) is 23.9 Å². The van der Waals surface area contributed by atoms with Crippen LogP contribution in [0.1, 0.15) is 31.9 Å². The fraction of sp³-hybridized carbons (Fsp3) is 0.389. The summed E-state index contributed by atoms with van der Waals surface area (Å²) < 4.78 is 5.25. The van der Waals surface area contributed by atoms with Crippen molar-refractivity contribution >= 4 is 40.6 Å². The van der Waals surface area contributed by atoms with Crippen LogP contribution < -0.4 is 0 Å². The van der Waals surface area contributed by atoms with Crippen molar-refractivity contribution in [2.24, 2.45) is 4.99 Å². The van der Waals surface area contributed by atoms with E-state index >= 15 is 0 Å². The van der Waals surface area contributed by atoms with E-state index in [1.54, 1.807) is 42.3 Å². The molecule has 0 aromatic heterocycles. The van der Waals surface area contributed by atoms with E-state index in [1.807, 2.05) is 30.5 Å². The van der Waals surface area contributed by atoms with Crippen LogP contribution in [0.5, 0.6) is 0 Å². The lowest BCUT2D eigenvalue weighted by Crippen LogP contribution is -2.45. The van der Waals surface area contributed by atoms with Gasteiger partial charge in [-0.1, -0.05) is 23.9 Å². The van der Waals surface area contributed by atoms with Gasteiger partial charge in [-0.3, -0.25) is 9.69 Å². The Kier molecular flexibility index (Phi) is 5.54. The highest BCUT2D eigenvalue weighted by Gasteiger charge is 2.41.